The van der Waals surface area contributed by atoms with Crippen molar-refractivity contribution < 1.29 is 8.42 Å². The molecule has 3 N–H and O–H groups in total. The molecule has 1 aliphatic heterocycles. The van der Waals surface area contributed by atoms with Crippen molar-refractivity contribution in [3.8, 4) is 0 Å². The maximum atomic E-state index is 12.1. The van der Waals surface area contributed by atoms with Crippen molar-refractivity contribution >= 4 is 21.2 Å². The molecule has 1 aromatic heterocycles. The highest BCUT2D eigenvalue weighted by Crippen LogP contribution is 2.33. The van der Waals surface area contributed by atoms with E-state index in [0.29, 0.717) is 12.2 Å². The number of sulfone groups is 1. The monoisotopic (exact) mass is 274 g/mol. The lowest BCUT2D eigenvalue weighted by Gasteiger charge is -2.28. The third kappa shape index (κ3) is 2.70. The molecule has 0 bridgehead atoms. The van der Waals surface area contributed by atoms with Gasteiger partial charge < -0.3 is 0 Å². The van der Waals surface area contributed by atoms with Gasteiger partial charge in [0.25, 0.3) is 0 Å². The fraction of sp³-hybridized carbons (Fsp3) is 0.636. The minimum Gasteiger partial charge on any atom is -0.271 e. The molecule has 96 valence electrons. The summed E-state index contributed by atoms with van der Waals surface area (Å²) in [4.78, 5) is 2.19. The second-order valence-corrected chi connectivity index (χ2v) is 8.15. The van der Waals surface area contributed by atoms with Crippen LogP contribution in [0.1, 0.15) is 35.1 Å². The van der Waals surface area contributed by atoms with E-state index >= 15 is 0 Å². The molecule has 0 spiro atoms. The summed E-state index contributed by atoms with van der Waals surface area (Å²) in [5, 5.41) is -0.376. The predicted octanol–water partition coefficient (Wildman–Crippen LogP) is 1.53. The van der Waals surface area contributed by atoms with Crippen molar-refractivity contribution in [2.45, 2.75) is 37.5 Å². The molecule has 0 saturated carbocycles. The van der Waals surface area contributed by atoms with Gasteiger partial charge in [0, 0.05) is 9.75 Å². The molecule has 1 saturated heterocycles. The van der Waals surface area contributed by atoms with Crippen molar-refractivity contribution in [1.29, 1.82) is 0 Å². The summed E-state index contributed by atoms with van der Waals surface area (Å²) in [6.45, 7) is 2.01. The number of hydrogen-bond donors (Lipinski definition) is 2. The molecule has 2 heterocycles. The Bertz CT molecular complexity index is 481. The maximum Gasteiger partial charge on any atom is 0.155 e. The lowest BCUT2D eigenvalue weighted by atomic mass is 10.1. The molecule has 1 aliphatic rings. The van der Waals surface area contributed by atoms with Crippen LogP contribution in [0.15, 0.2) is 12.1 Å². The number of nitrogens with one attached hydrogen (secondary N) is 1. The van der Waals surface area contributed by atoms with Crippen molar-refractivity contribution in [2.75, 3.05) is 5.75 Å². The smallest absolute Gasteiger partial charge is 0.155 e. The molecule has 0 radical (unpaired) electrons. The molecule has 6 heteroatoms. The Morgan fingerprint density at radius 3 is 2.76 bits per heavy atom. The van der Waals surface area contributed by atoms with Crippen LogP contribution in [0.2, 0.25) is 0 Å². The highest BCUT2D eigenvalue weighted by molar-refractivity contribution is 7.92. The van der Waals surface area contributed by atoms with Gasteiger partial charge in [-0.2, -0.15) is 0 Å². The normalized spacial score (nSPS) is 25.6. The van der Waals surface area contributed by atoms with Crippen molar-refractivity contribution in [2.24, 2.45) is 5.84 Å². The number of hydrogen-bond acceptors (Lipinski definition) is 5. The van der Waals surface area contributed by atoms with E-state index in [2.05, 4.69) is 5.43 Å². The van der Waals surface area contributed by atoms with Gasteiger partial charge in [0.1, 0.15) is 0 Å². The first kappa shape index (κ1) is 13.0. The van der Waals surface area contributed by atoms with Gasteiger partial charge in [0.05, 0.1) is 17.0 Å². The second kappa shape index (κ2) is 5.06. The van der Waals surface area contributed by atoms with Crippen LogP contribution < -0.4 is 11.3 Å². The van der Waals surface area contributed by atoms with Crippen molar-refractivity contribution in [3.63, 3.8) is 0 Å². The first-order valence-electron chi connectivity index (χ1n) is 5.78. The lowest BCUT2D eigenvalue weighted by molar-refractivity contribution is 0.458. The zero-order chi connectivity index (χ0) is 12.5. The number of nitrogens with two attached hydrogens (primary N) is 1. The largest absolute Gasteiger partial charge is 0.271 e. The summed E-state index contributed by atoms with van der Waals surface area (Å²) in [6.07, 6.45) is 2.44. The van der Waals surface area contributed by atoms with Crippen molar-refractivity contribution in [3.05, 3.63) is 21.9 Å². The number of aryl methyl sites for hydroxylation is 1. The Morgan fingerprint density at radius 1 is 1.47 bits per heavy atom. The highest BCUT2D eigenvalue weighted by Gasteiger charge is 2.36. The van der Waals surface area contributed by atoms with Gasteiger partial charge in [0.2, 0.25) is 0 Å². The number of hydrazine groups is 1. The molecule has 0 aromatic carbocycles. The van der Waals surface area contributed by atoms with Crippen LogP contribution in [0.4, 0.5) is 0 Å². The Labute approximate surface area is 106 Å². The average molecular weight is 274 g/mol. The Hall–Kier alpha value is -0.430. The fourth-order valence-electron chi connectivity index (χ4n) is 2.35. The molecule has 0 amide bonds. The van der Waals surface area contributed by atoms with Crippen LogP contribution in [0.25, 0.3) is 0 Å². The summed E-state index contributed by atoms with van der Waals surface area (Å²) in [6, 6.07) is 3.70. The molecule has 0 aliphatic carbocycles. The van der Waals surface area contributed by atoms with E-state index in [4.69, 9.17) is 5.84 Å². The molecule has 17 heavy (non-hydrogen) atoms. The second-order valence-electron chi connectivity index (χ2n) is 4.49. The molecule has 4 nitrogen and oxygen atoms in total. The summed E-state index contributed by atoms with van der Waals surface area (Å²) in [7, 11) is -3.01. The van der Waals surface area contributed by atoms with Gasteiger partial charge in [-0.15, -0.1) is 11.3 Å². The van der Waals surface area contributed by atoms with Gasteiger partial charge >= 0.3 is 0 Å². The standard InChI is InChI=1S/C11H18N2O2S2/c1-8-5-6-9(16-8)11(13-12)10-4-2-3-7-17(10,14)15/h5-6,10-11,13H,2-4,7,12H2,1H3. The molecule has 2 rings (SSSR count). The summed E-state index contributed by atoms with van der Waals surface area (Å²) >= 11 is 1.61. The zero-order valence-corrected chi connectivity index (χ0v) is 11.5. The van der Waals surface area contributed by atoms with E-state index in [1.165, 1.54) is 4.88 Å². The lowest BCUT2D eigenvalue weighted by Crippen LogP contribution is -2.42. The van der Waals surface area contributed by atoms with Crippen LogP contribution >= 0.6 is 11.3 Å². The van der Waals surface area contributed by atoms with Crippen LogP contribution in [0.3, 0.4) is 0 Å². The van der Waals surface area contributed by atoms with Crippen molar-refractivity contribution in [1.82, 2.24) is 5.43 Å². The van der Waals surface area contributed by atoms with Gasteiger partial charge in [-0.1, -0.05) is 6.42 Å². The van der Waals surface area contributed by atoms with E-state index in [9.17, 15) is 8.42 Å². The predicted molar refractivity (Wildman–Crippen MR) is 70.5 cm³/mol. The highest BCUT2D eigenvalue weighted by atomic mass is 32.2. The van der Waals surface area contributed by atoms with Gasteiger partial charge in [-0.3, -0.25) is 11.3 Å². The first-order valence-corrected chi connectivity index (χ1v) is 8.32. The number of thiophene rings is 1. The number of rotatable bonds is 3. The third-order valence-corrected chi connectivity index (χ3v) is 6.62. The van der Waals surface area contributed by atoms with E-state index in [-0.39, 0.29) is 11.3 Å². The quantitative estimate of drug-likeness (QED) is 0.647. The minimum atomic E-state index is -3.01. The molecule has 2 unspecified atom stereocenters. The van der Waals surface area contributed by atoms with Crippen LogP contribution in [0.5, 0.6) is 0 Å². The van der Waals surface area contributed by atoms with Crippen LogP contribution in [-0.4, -0.2) is 19.4 Å². The molecule has 1 aromatic rings. The summed E-state index contributed by atoms with van der Waals surface area (Å²) in [5.74, 6) is 5.85. The van der Waals surface area contributed by atoms with Crippen LogP contribution in [-0.2, 0) is 9.84 Å². The minimum absolute atomic E-state index is 0.265. The summed E-state index contributed by atoms with van der Waals surface area (Å²) in [5.41, 5.74) is 2.69. The van der Waals surface area contributed by atoms with Gasteiger partial charge in [0.15, 0.2) is 9.84 Å². The van der Waals surface area contributed by atoms with E-state index in [1.807, 2.05) is 19.1 Å². The molecular formula is C11H18N2O2S2. The molecule has 2 atom stereocenters. The molecular weight excluding hydrogens is 256 g/mol. The fourth-order valence-corrected chi connectivity index (χ4v) is 5.51. The Kier molecular flexibility index (Phi) is 3.87. The maximum absolute atomic E-state index is 12.1. The van der Waals surface area contributed by atoms with E-state index in [0.717, 1.165) is 17.7 Å². The zero-order valence-electron chi connectivity index (χ0n) is 9.85. The first-order chi connectivity index (χ1) is 8.04. The average Bonchev–Trinajstić information content (AvgIpc) is 2.68. The molecule has 1 fully saturated rings. The Morgan fingerprint density at radius 2 is 2.24 bits per heavy atom. The van der Waals surface area contributed by atoms with Gasteiger partial charge in [-0.25, -0.2) is 8.42 Å². The Balaban J connectivity index is 2.29. The van der Waals surface area contributed by atoms with E-state index < -0.39 is 9.84 Å². The third-order valence-electron chi connectivity index (χ3n) is 3.25. The topological polar surface area (TPSA) is 72.2 Å². The SMILES string of the molecule is Cc1ccc(C(NN)C2CCCCS2(=O)=O)s1. The van der Waals surface area contributed by atoms with Gasteiger partial charge in [-0.05, 0) is 31.9 Å². The van der Waals surface area contributed by atoms with Crippen LogP contribution in [0, 0.1) is 6.92 Å². The summed E-state index contributed by atoms with van der Waals surface area (Å²) < 4.78 is 24.1. The van der Waals surface area contributed by atoms with E-state index in [1.54, 1.807) is 11.3 Å².